The van der Waals surface area contributed by atoms with Crippen LogP contribution in [-0.4, -0.2) is 57.2 Å². The molecule has 7 nitrogen and oxygen atoms in total. The molecule has 2 aromatic rings. The Morgan fingerprint density at radius 2 is 1.81 bits per heavy atom. The lowest BCUT2D eigenvalue weighted by Gasteiger charge is -2.11. The summed E-state index contributed by atoms with van der Waals surface area (Å²) in [6.07, 6.45) is 2.75. The van der Waals surface area contributed by atoms with Gasteiger partial charge in [0.15, 0.2) is 0 Å². The fourth-order valence-corrected chi connectivity index (χ4v) is 2.33. The number of hydrogen-bond acceptors (Lipinski definition) is 6. The maximum Gasteiger partial charge on any atom is 0.257 e. The van der Waals surface area contributed by atoms with E-state index in [4.69, 9.17) is 9.47 Å². The summed E-state index contributed by atoms with van der Waals surface area (Å²) in [5, 5.41) is 6.08. The van der Waals surface area contributed by atoms with Crippen LogP contribution >= 0.6 is 0 Å². The molecule has 0 aliphatic carbocycles. The van der Waals surface area contributed by atoms with Crippen LogP contribution in [0.2, 0.25) is 0 Å². The number of carbonyl (C=O) groups is 1. The second-order valence-electron chi connectivity index (χ2n) is 6.07. The Balaban J connectivity index is 1.95. The Labute approximate surface area is 154 Å². The van der Waals surface area contributed by atoms with E-state index in [2.05, 4.69) is 34.6 Å². The van der Waals surface area contributed by atoms with Crippen LogP contribution in [0.4, 0.5) is 11.5 Å². The van der Waals surface area contributed by atoms with Crippen molar-refractivity contribution < 1.29 is 14.3 Å². The van der Waals surface area contributed by atoms with Crippen LogP contribution in [0.25, 0.3) is 0 Å². The number of hydrogen-bond donors (Lipinski definition) is 2. The van der Waals surface area contributed by atoms with E-state index < -0.39 is 0 Å². The van der Waals surface area contributed by atoms with Crippen molar-refractivity contribution in [2.45, 2.75) is 6.42 Å². The normalized spacial score (nSPS) is 10.5. The van der Waals surface area contributed by atoms with Gasteiger partial charge in [-0.05, 0) is 51.3 Å². The molecular formula is C19H26N4O3. The Bertz CT molecular complexity index is 695. The minimum absolute atomic E-state index is 0.276. The van der Waals surface area contributed by atoms with E-state index in [1.807, 2.05) is 6.07 Å². The van der Waals surface area contributed by atoms with Crippen LogP contribution in [0.3, 0.4) is 0 Å². The molecule has 1 aromatic heterocycles. The largest absolute Gasteiger partial charge is 0.497 e. The lowest BCUT2D eigenvalue weighted by Crippen LogP contribution is -2.16. The molecule has 0 atom stereocenters. The van der Waals surface area contributed by atoms with Crippen LogP contribution in [0, 0.1) is 0 Å². The van der Waals surface area contributed by atoms with E-state index in [0.29, 0.717) is 22.9 Å². The molecule has 2 N–H and O–H groups in total. The van der Waals surface area contributed by atoms with Gasteiger partial charge in [-0.2, -0.15) is 0 Å². The Morgan fingerprint density at radius 1 is 1.12 bits per heavy atom. The van der Waals surface area contributed by atoms with Gasteiger partial charge in [-0.1, -0.05) is 0 Å². The van der Waals surface area contributed by atoms with E-state index in [-0.39, 0.29) is 5.91 Å². The van der Waals surface area contributed by atoms with Gasteiger partial charge in [-0.15, -0.1) is 0 Å². The first-order valence-corrected chi connectivity index (χ1v) is 8.41. The quantitative estimate of drug-likeness (QED) is 0.671. The predicted octanol–water partition coefficient (Wildman–Crippen LogP) is 2.71. The van der Waals surface area contributed by atoms with Crippen LogP contribution in [0.1, 0.15) is 16.8 Å². The van der Waals surface area contributed by atoms with Crippen molar-refractivity contribution >= 4 is 17.4 Å². The predicted molar refractivity (Wildman–Crippen MR) is 103 cm³/mol. The zero-order chi connectivity index (χ0) is 18.9. The van der Waals surface area contributed by atoms with Gasteiger partial charge < -0.3 is 25.0 Å². The third kappa shape index (κ3) is 5.93. The molecule has 1 aromatic carbocycles. The van der Waals surface area contributed by atoms with Gasteiger partial charge in [-0.25, -0.2) is 4.98 Å². The molecule has 0 fully saturated rings. The smallest absolute Gasteiger partial charge is 0.257 e. The highest BCUT2D eigenvalue weighted by Gasteiger charge is 2.11. The first kappa shape index (κ1) is 19.5. The third-order valence-corrected chi connectivity index (χ3v) is 3.73. The summed E-state index contributed by atoms with van der Waals surface area (Å²) < 4.78 is 10.4. The number of ether oxygens (including phenoxy) is 2. The van der Waals surface area contributed by atoms with E-state index >= 15 is 0 Å². The summed E-state index contributed by atoms with van der Waals surface area (Å²) in [6.45, 7) is 1.90. The van der Waals surface area contributed by atoms with Crippen LogP contribution in [-0.2, 0) is 0 Å². The first-order chi connectivity index (χ1) is 12.5. The number of pyridine rings is 1. The summed E-state index contributed by atoms with van der Waals surface area (Å²) in [5.74, 6) is 1.32. The average Bonchev–Trinajstić information content (AvgIpc) is 2.65. The molecule has 0 saturated carbocycles. The highest BCUT2D eigenvalue weighted by molar-refractivity contribution is 6.04. The standard InChI is InChI=1S/C19H26N4O3/c1-23(2)9-5-8-20-15-6-7-18(21-13-15)22-19(24)14-10-16(25-3)12-17(11-14)26-4/h6-7,10-13,20H,5,8-9H2,1-4H3,(H,21,22,24). The maximum atomic E-state index is 12.4. The van der Waals surface area contributed by atoms with Crippen LogP contribution < -0.4 is 20.1 Å². The van der Waals surface area contributed by atoms with E-state index in [1.54, 1.807) is 44.7 Å². The summed E-state index contributed by atoms with van der Waals surface area (Å²) in [6, 6.07) is 8.68. The monoisotopic (exact) mass is 358 g/mol. The second-order valence-corrected chi connectivity index (χ2v) is 6.07. The number of benzene rings is 1. The molecule has 26 heavy (non-hydrogen) atoms. The molecule has 0 bridgehead atoms. The molecule has 0 radical (unpaired) electrons. The molecule has 0 aliphatic rings. The van der Waals surface area contributed by atoms with E-state index in [1.165, 1.54) is 0 Å². The number of amides is 1. The van der Waals surface area contributed by atoms with Crippen molar-refractivity contribution in [3.8, 4) is 11.5 Å². The van der Waals surface area contributed by atoms with Crippen molar-refractivity contribution in [3.63, 3.8) is 0 Å². The number of aromatic nitrogens is 1. The summed E-state index contributed by atoms with van der Waals surface area (Å²) in [7, 11) is 7.19. The van der Waals surface area contributed by atoms with E-state index in [0.717, 1.165) is 25.2 Å². The van der Waals surface area contributed by atoms with Gasteiger partial charge in [0.1, 0.15) is 17.3 Å². The van der Waals surface area contributed by atoms with Crippen LogP contribution in [0.5, 0.6) is 11.5 Å². The minimum Gasteiger partial charge on any atom is -0.497 e. The average molecular weight is 358 g/mol. The van der Waals surface area contributed by atoms with Crippen molar-refractivity contribution in [3.05, 3.63) is 42.1 Å². The number of nitrogens with one attached hydrogen (secondary N) is 2. The molecule has 0 aliphatic heterocycles. The summed E-state index contributed by atoms with van der Waals surface area (Å²) in [5.41, 5.74) is 1.36. The topological polar surface area (TPSA) is 75.7 Å². The van der Waals surface area contributed by atoms with Gasteiger partial charge in [0.25, 0.3) is 5.91 Å². The highest BCUT2D eigenvalue weighted by atomic mass is 16.5. The SMILES string of the molecule is COc1cc(OC)cc(C(=O)Nc2ccc(NCCCN(C)C)cn2)c1. The van der Waals surface area contributed by atoms with Crippen LogP contribution in [0.15, 0.2) is 36.5 Å². The highest BCUT2D eigenvalue weighted by Crippen LogP contribution is 2.23. The zero-order valence-corrected chi connectivity index (χ0v) is 15.7. The van der Waals surface area contributed by atoms with Gasteiger partial charge in [-0.3, -0.25) is 4.79 Å². The Morgan fingerprint density at radius 3 is 2.35 bits per heavy atom. The molecule has 1 heterocycles. The second kappa shape index (κ2) is 9.62. The Hall–Kier alpha value is -2.80. The number of methoxy groups -OCH3 is 2. The molecule has 0 spiro atoms. The summed E-state index contributed by atoms with van der Waals surface area (Å²) in [4.78, 5) is 18.8. The van der Waals surface area contributed by atoms with Gasteiger partial charge in [0, 0.05) is 18.2 Å². The molecule has 1 amide bonds. The number of anilines is 2. The van der Waals surface area contributed by atoms with Gasteiger partial charge in [0.05, 0.1) is 26.1 Å². The number of rotatable bonds is 9. The van der Waals surface area contributed by atoms with Crippen molar-refractivity contribution in [2.24, 2.45) is 0 Å². The first-order valence-electron chi connectivity index (χ1n) is 8.41. The zero-order valence-electron chi connectivity index (χ0n) is 15.7. The minimum atomic E-state index is -0.276. The molecule has 140 valence electrons. The lowest BCUT2D eigenvalue weighted by molar-refractivity contribution is 0.102. The summed E-state index contributed by atoms with van der Waals surface area (Å²) >= 11 is 0. The fourth-order valence-electron chi connectivity index (χ4n) is 2.33. The molecule has 2 rings (SSSR count). The number of nitrogens with zero attached hydrogens (tertiary/aromatic N) is 2. The van der Waals surface area contributed by atoms with Gasteiger partial charge in [0.2, 0.25) is 0 Å². The van der Waals surface area contributed by atoms with Crippen molar-refractivity contribution in [1.29, 1.82) is 0 Å². The third-order valence-electron chi connectivity index (χ3n) is 3.73. The lowest BCUT2D eigenvalue weighted by atomic mass is 10.2. The van der Waals surface area contributed by atoms with E-state index in [9.17, 15) is 4.79 Å². The van der Waals surface area contributed by atoms with Crippen molar-refractivity contribution in [2.75, 3.05) is 52.0 Å². The number of carbonyl (C=O) groups excluding carboxylic acids is 1. The molecular weight excluding hydrogens is 332 g/mol. The Kier molecular flexibility index (Phi) is 7.23. The van der Waals surface area contributed by atoms with Gasteiger partial charge >= 0.3 is 0 Å². The molecule has 0 saturated heterocycles. The molecule has 7 heteroatoms. The maximum absolute atomic E-state index is 12.4. The fraction of sp³-hybridized carbons (Fsp3) is 0.368. The van der Waals surface area contributed by atoms with Crippen molar-refractivity contribution in [1.82, 2.24) is 9.88 Å². The molecule has 0 unspecified atom stereocenters.